The quantitative estimate of drug-likeness (QED) is 0.478. The molecule has 1 aromatic carbocycles. The Bertz CT molecular complexity index is 685. The molecule has 0 bridgehead atoms. The van der Waals surface area contributed by atoms with Crippen molar-refractivity contribution in [3.63, 3.8) is 0 Å². The Morgan fingerprint density at radius 3 is 2.68 bits per heavy atom. The molecule has 2 N–H and O–H groups in total. The Kier molecular flexibility index (Phi) is 5.82. The van der Waals surface area contributed by atoms with Gasteiger partial charge in [0.05, 0.1) is 17.2 Å². The molecule has 0 fully saturated rings. The first-order valence-corrected chi connectivity index (χ1v) is 5.88. The van der Waals surface area contributed by atoms with Crippen LogP contribution in [0.15, 0.2) is 23.3 Å². The molecule has 0 atom stereocenters. The van der Waals surface area contributed by atoms with Crippen molar-refractivity contribution in [2.24, 2.45) is 5.10 Å². The van der Waals surface area contributed by atoms with E-state index in [0.29, 0.717) is 0 Å². The van der Waals surface area contributed by atoms with E-state index in [0.717, 1.165) is 6.07 Å². The number of carbonyl (C=O) groups excluding carboxylic acids is 1. The second kappa shape index (κ2) is 7.81. The van der Waals surface area contributed by atoms with Gasteiger partial charge < -0.3 is 4.74 Å². The van der Waals surface area contributed by atoms with Crippen molar-refractivity contribution >= 4 is 28.9 Å². The minimum atomic E-state index is -0.819. The summed E-state index contributed by atoms with van der Waals surface area (Å²) in [5.41, 5.74) is 1.62. The monoisotopic (exact) mass is 302 g/mol. The summed E-state index contributed by atoms with van der Waals surface area (Å²) in [6.45, 7) is 1.72. The predicted octanol–water partition coefficient (Wildman–Crippen LogP) is 1.98. The molecule has 0 aromatic heterocycles. The Morgan fingerprint density at radius 2 is 2.14 bits per heavy atom. The second-order valence-electron chi connectivity index (χ2n) is 3.63. The molecular weight excluding hydrogens is 292 g/mol. The highest BCUT2D eigenvalue weighted by Crippen LogP contribution is 2.28. The van der Waals surface area contributed by atoms with Crippen molar-refractivity contribution in [1.82, 2.24) is 0 Å². The van der Waals surface area contributed by atoms with Crippen LogP contribution in [-0.4, -0.2) is 23.3 Å². The molecule has 0 saturated heterocycles. The standard InChI is InChI=1S/C12H10N6O4/c1-2-22-12(19)15-10-4-3-8(5-11(10)18(20)21)16-17-9(6-13)7-14/h3-5,16H,2H2,1H3,(H,15,19). The molecule has 0 aliphatic rings. The largest absolute Gasteiger partial charge is 0.450 e. The smallest absolute Gasteiger partial charge is 0.411 e. The van der Waals surface area contributed by atoms with E-state index in [-0.39, 0.29) is 18.0 Å². The Hall–Kier alpha value is -3.66. The van der Waals surface area contributed by atoms with E-state index < -0.39 is 22.4 Å². The number of hydrazone groups is 1. The number of nitriles is 2. The van der Waals surface area contributed by atoms with Gasteiger partial charge >= 0.3 is 6.09 Å². The van der Waals surface area contributed by atoms with Crippen LogP contribution in [0.1, 0.15) is 6.92 Å². The van der Waals surface area contributed by atoms with Crippen LogP contribution in [0.2, 0.25) is 0 Å². The predicted molar refractivity (Wildman–Crippen MR) is 76.0 cm³/mol. The highest BCUT2D eigenvalue weighted by atomic mass is 16.6. The first-order chi connectivity index (χ1) is 10.5. The topological polar surface area (TPSA) is 153 Å². The first kappa shape index (κ1) is 16.4. The van der Waals surface area contributed by atoms with Gasteiger partial charge in [0.25, 0.3) is 5.69 Å². The van der Waals surface area contributed by atoms with Crippen LogP contribution in [0.5, 0.6) is 0 Å². The lowest BCUT2D eigenvalue weighted by Gasteiger charge is -2.07. The molecule has 0 spiro atoms. The minimum absolute atomic E-state index is 0.0567. The van der Waals surface area contributed by atoms with Crippen LogP contribution >= 0.6 is 0 Å². The number of nitro benzene ring substituents is 1. The fraction of sp³-hybridized carbons (Fsp3) is 0.167. The van der Waals surface area contributed by atoms with E-state index in [1.165, 1.54) is 24.3 Å². The molecule has 1 aromatic rings. The summed E-state index contributed by atoms with van der Waals surface area (Å²) in [6, 6.07) is 6.80. The van der Waals surface area contributed by atoms with E-state index >= 15 is 0 Å². The SMILES string of the molecule is CCOC(=O)Nc1ccc(NN=C(C#N)C#N)cc1[N+](=O)[O-]. The molecule has 0 saturated carbocycles. The summed E-state index contributed by atoms with van der Waals surface area (Å²) < 4.78 is 4.64. The van der Waals surface area contributed by atoms with Crippen molar-refractivity contribution < 1.29 is 14.5 Å². The summed E-state index contributed by atoms with van der Waals surface area (Å²) in [5, 5.41) is 33.8. The maximum atomic E-state index is 11.3. The summed E-state index contributed by atoms with van der Waals surface area (Å²) >= 11 is 0. The third-order valence-corrected chi connectivity index (χ3v) is 2.22. The van der Waals surface area contributed by atoms with Crippen LogP contribution in [0.4, 0.5) is 21.9 Å². The summed E-state index contributed by atoms with van der Waals surface area (Å²) in [5.74, 6) is 0. The van der Waals surface area contributed by atoms with Crippen LogP contribution in [0, 0.1) is 32.8 Å². The molecular formula is C12H10N6O4. The molecule has 1 amide bonds. The van der Waals surface area contributed by atoms with Crippen molar-refractivity contribution in [3.8, 4) is 12.1 Å². The summed E-state index contributed by atoms with van der Waals surface area (Å²) in [7, 11) is 0. The molecule has 0 radical (unpaired) electrons. The van der Waals surface area contributed by atoms with Gasteiger partial charge in [0.2, 0.25) is 5.71 Å². The zero-order valence-electron chi connectivity index (χ0n) is 11.4. The average molecular weight is 302 g/mol. The van der Waals surface area contributed by atoms with Gasteiger partial charge in [-0.3, -0.25) is 20.9 Å². The lowest BCUT2D eigenvalue weighted by molar-refractivity contribution is -0.383. The number of anilines is 2. The van der Waals surface area contributed by atoms with Crippen LogP contribution in [-0.2, 0) is 4.74 Å². The van der Waals surface area contributed by atoms with Crippen LogP contribution in [0.3, 0.4) is 0 Å². The Morgan fingerprint density at radius 1 is 1.45 bits per heavy atom. The highest BCUT2D eigenvalue weighted by Gasteiger charge is 2.17. The molecule has 0 aliphatic heterocycles. The van der Waals surface area contributed by atoms with E-state index in [4.69, 9.17) is 10.5 Å². The zero-order valence-corrected chi connectivity index (χ0v) is 11.4. The number of nitro groups is 1. The summed E-state index contributed by atoms with van der Waals surface area (Å²) in [4.78, 5) is 21.6. The van der Waals surface area contributed by atoms with Gasteiger partial charge in [0, 0.05) is 6.07 Å². The van der Waals surface area contributed by atoms with Gasteiger partial charge in [-0.15, -0.1) is 0 Å². The average Bonchev–Trinajstić information content (AvgIpc) is 2.49. The van der Waals surface area contributed by atoms with Crippen molar-refractivity contribution in [3.05, 3.63) is 28.3 Å². The van der Waals surface area contributed by atoms with Gasteiger partial charge in [0.1, 0.15) is 17.8 Å². The molecule has 0 aliphatic carbocycles. The summed E-state index contributed by atoms with van der Waals surface area (Å²) in [6.07, 6.45) is -0.819. The number of carbonyl (C=O) groups is 1. The molecule has 10 heteroatoms. The number of hydrogen-bond acceptors (Lipinski definition) is 8. The molecule has 0 unspecified atom stereocenters. The number of rotatable bonds is 5. The maximum absolute atomic E-state index is 11.3. The van der Waals surface area contributed by atoms with Gasteiger partial charge in [-0.2, -0.15) is 15.6 Å². The number of nitrogens with one attached hydrogen (secondary N) is 2. The number of benzene rings is 1. The van der Waals surface area contributed by atoms with E-state index in [9.17, 15) is 14.9 Å². The highest BCUT2D eigenvalue weighted by molar-refractivity contribution is 6.10. The number of nitrogens with zero attached hydrogens (tertiary/aromatic N) is 4. The lowest BCUT2D eigenvalue weighted by atomic mass is 10.2. The van der Waals surface area contributed by atoms with Crippen molar-refractivity contribution in [1.29, 1.82) is 10.5 Å². The molecule has 10 nitrogen and oxygen atoms in total. The van der Waals surface area contributed by atoms with Gasteiger partial charge in [-0.1, -0.05) is 0 Å². The third-order valence-electron chi connectivity index (χ3n) is 2.22. The maximum Gasteiger partial charge on any atom is 0.411 e. The van der Waals surface area contributed by atoms with Gasteiger partial charge in [0.15, 0.2) is 0 Å². The Labute approximate surface area is 124 Å². The van der Waals surface area contributed by atoms with E-state index in [2.05, 4.69) is 20.6 Å². The molecule has 0 heterocycles. The lowest BCUT2D eigenvalue weighted by Crippen LogP contribution is -2.14. The minimum Gasteiger partial charge on any atom is -0.450 e. The molecule has 112 valence electrons. The first-order valence-electron chi connectivity index (χ1n) is 5.88. The normalized spacial score (nSPS) is 8.86. The fourth-order valence-corrected chi connectivity index (χ4v) is 1.33. The van der Waals surface area contributed by atoms with Gasteiger partial charge in [-0.25, -0.2) is 4.79 Å². The van der Waals surface area contributed by atoms with E-state index in [1.54, 1.807) is 6.92 Å². The fourth-order valence-electron chi connectivity index (χ4n) is 1.33. The van der Waals surface area contributed by atoms with Crippen molar-refractivity contribution in [2.45, 2.75) is 6.92 Å². The Balaban J connectivity index is 3.03. The number of hydrogen-bond donors (Lipinski definition) is 2. The molecule has 1 rings (SSSR count). The van der Waals surface area contributed by atoms with Gasteiger partial charge in [-0.05, 0) is 19.1 Å². The number of ether oxygens (including phenoxy) is 1. The zero-order chi connectivity index (χ0) is 16.5. The van der Waals surface area contributed by atoms with Crippen LogP contribution < -0.4 is 10.7 Å². The van der Waals surface area contributed by atoms with Crippen LogP contribution in [0.25, 0.3) is 0 Å². The van der Waals surface area contributed by atoms with Crippen molar-refractivity contribution in [2.75, 3.05) is 17.3 Å². The second-order valence-corrected chi connectivity index (χ2v) is 3.63. The third kappa shape index (κ3) is 4.47. The van der Waals surface area contributed by atoms with E-state index in [1.807, 2.05) is 0 Å². The molecule has 22 heavy (non-hydrogen) atoms. The number of amides is 1.